The monoisotopic (exact) mass is 382 g/mol. The highest BCUT2D eigenvalue weighted by atomic mass is 32.1. The van der Waals surface area contributed by atoms with Crippen LogP contribution < -0.4 is 25.8 Å². The number of anilines is 1. The van der Waals surface area contributed by atoms with Gasteiger partial charge in [0.25, 0.3) is 5.56 Å². The molecule has 0 radical (unpaired) electrons. The van der Waals surface area contributed by atoms with Crippen LogP contribution in [0.3, 0.4) is 0 Å². The van der Waals surface area contributed by atoms with E-state index in [4.69, 9.17) is 21.7 Å². The van der Waals surface area contributed by atoms with Crippen molar-refractivity contribution in [2.75, 3.05) is 19.5 Å². The molecule has 0 spiro atoms. The molecule has 27 heavy (non-hydrogen) atoms. The van der Waals surface area contributed by atoms with Crippen LogP contribution in [0.5, 0.6) is 11.5 Å². The van der Waals surface area contributed by atoms with Crippen molar-refractivity contribution in [1.29, 1.82) is 0 Å². The van der Waals surface area contributed by atoms with Gasteiger partial charge in [0.2, 0.25) is 0 Å². The molecule has 3 aromatic rings. The van der Waals surface area contributed by atoms with Gasteiger partial charge in [-0.05, 0) is 41.9 Å². The summed E-state index contributed by atoms with van der Waals surface area (Å²) in [6, 6.07) is 14.6. The summed E-state index contributed by atoms with van der Waals surface area (Å²) in [5, 5.41) is 8.21. The smallest absolute Gasteiger partial charge is 0.257 e. The third-order valence-corrected chi connectivity index (χ3v) is 3.99. The molecule has 0 aliphatic rings. The third kappa shape index (κ3) is 4.42. The van der Waals surface area contributed by atoms with Gasteiger partial charge >= 0.3 is 0 Å². The normalized spacial score (nSPS) is 10.7. The highest BCUT2D eigenvalue weighted by molar-refractivity contribution is 7.80. The second-order valence-electron chi connectivity index (χ2n) is 5.53. The number of fused-ring (bicyclic) bond motifs is 1. The molecule has 7 nitrogen and oxygen atoms in total. The van der Waals surface area contributed by atoms with Crippen LogP contribution >= 0.6 is 12.2 Å². The van der Waals surface area contributed by atoms with Crippen molar-refractivity contribution >= 4 is 40.1 Å². The molecule has 138 valence electrons. The van der Waals surface area contributed by atoms with Crippen molar-refractivity contribution in [3.63, 3.8) is 0 Å². The van der Waals surface area contributed by atoms with Crippen molar-refractivity contribution in [3.05, 3.63) is 64.4 Å². The number of H-pyrrole nitrogens is 1. The molecule has 3 rings (SSSR count). The maximum atomic E-state index is 12.1. The Morgan fingerprint density at radius 3 is 2.67 bits per heavy atom. The van der Waals surface area contributed by atoms with Crippen molar-refractivity contribution in [1.82, 2.24) is 10.4 Å². The molecule has 0 atom stereocenters. The van der Waals surface area contributed by atoms with Crippen LogP contribution in [0.4, 0.5) is 5.69 Å². The lowest BCUT2D eigenvalue weighted by Gasteiger charge is -2.11. The van der Waals surface area contributed by atoms with E-state index in [1.165, 1.54) is 6.21 Å². The number of ether oxygens (including phenoxy) is 2. The first-order valence-electron chi connectivity index (χ1n) is 8.05. The molecule has 0 aliphatic carbocycles. The minimum absolute atomic E-state index is 0.224. The van der Waals surface area contributed by atoms with Gasteiger partial charge in [0.05, 0.1) is 26.0 Å². The fraction of sp³-hybridized carbons (Fsp3) is 0.105. The van der Waals surface area contributed by atoms with Crippen LogP contribution in [0.1, 0.15) is 5.56 Å². The summed E-state index contributed by atoms with van der Waals surface area (Å²) in [5.41, 5.74) is 4.38. The van der Waals surface area contributed by atoms with Gasteiger partial charge in [0.15, 0.2) is 16.6 Å². The van der Waals surface area contributed by atoms with E-state index in [1.54, 1.807) is 38.5 Å². The average molecular weight is 382 g/mol. The van der Waals surface area contributed by atoms with Crippen molar-refractivity contribution in [2.45, 2.75) is 0 Å². The van der Waals surface area contributed by atoms with Crippen molar-refractivity contribution in [3.8, 4) is 11.5 Å². The number of rotatable bonds is 5. The molecule has 0 fully saturated rings. The molecular weight excluding hydrogens is 364 g/mol. The molecule has 2 aromatic carbocycles. The second kappa shape index (κ2) is 8.33. The van der Waals surface area contributed by atoms with Gasteiger partial charge in [0, 0.05) is 17.3 Å². The fourth-order valence-electron chi connectivity index (χ4n) is 2.49. The lowest BCUT2D eigenvalue weighted by molar-refractivity contribution is 0.355. The van der Waals surface area contributed by atoms with Crippen LogP contribution in [-0.4, -0.2) is 30.5 Å². The first-order chi connectivity index (χ1) is 13.1. The zero-order valence-electron chi connectivity index (χ0n) is 14.8. The van der Waals surface area contributed by atoms with Crippen LogP contribution in [0.2, 0.25) is 0 Å². The van der Waals surface area contributed by atoms with E-state index in [2.05, 4.69) is 20.8 Å². The van der Waals surface area contributed by atoms with Gasteiger partial charge in [-0.1, -0.05) is 18.2 Å². The number of benzene rings is 2. The number of hydrogen-bond acceptors (Lipinski definition) is 5. The van der Waals surface area contributed by atoms with Gasteiger partial charge in [-0.25, -0.2) is 0 Å². The number of nitrogens with zero attached hydrogens (tertiary/aromatic N) is 1. The maximum Gasteiger partial charge on any atom is 0.257 e. The molecule has 1 heterocycles. The van der Waals surface area contributed by atoms with Gasteiger partial charge in [-0.2, -0.15) is 5.10 Å². The van der Waals surface area contributed by atoms with Crippen LogP contribution in [0.25, 0.3) is 10.9 Å². The topological polar surface area (TPSA) is 87.7 Å². The Balaban J connectivity index is 1.67. The molecular formula is C19H18N4O3S. The summed E-state index contributed by atoms with van der Waals surface area (Å²) >= 11 is 5.21. The predicted molar refractivity (Wildman–Crippen MR) is 111 cm³/mol. The molecule has 0 saturated carbocycles. The molecule has 1 aromatic heterocycles. The second-order valence-corrected chi connectivity index (χ2v) is 5.94. The summed E-state index contributed by atoms with van der Waals surface area (Å²) in [5.74, 6) is 1.20. The summed E-state index contributed by atoms with van der Waals surface area (Å²) in [4.78, 5) is 14.9. The quantitative estimate of drug-likeness (QED) is 0.357. The van der Waals surface area contributed by atoms with Crippen LogP contribution in [0.15, 0.2) is 58.4 Å². The summed E-state index contributed by atoms with van der Waals surface area (Å²) in [7, 11) is 3.13. The lowest BCUT2D eigenvalue weighted by Crippen LogP contribution is -2.24. The Kier molecular flexibility index (Phi) is 5.68. The van der Waals surface area contributed by atoms with Gasteiger partial charge < -0.3 is 19.8 Å². The molecule has 0 saturated heterocycles. The number of hydrogen-bond donors (Lipinski definition) is 3. The van der Waals surface area contributed by atoms with E-state index in [9.17, 15) is 4.79 Å². The number of aromatic nitrogens is 1. The van der Waals surface area contributed by atoms with E-state index in [0.29, 0.717) is 22.7 Å². The molecule has 0 amide bonds. The number of methoxy groups -OCH3 is 2. The summed E-state index contributed by atoms with van der Waals surface area (Å²) in [6.45, 7) is 0. The molecule has 0 aliphatic heterocycles. The Hall–Kier alpha value is -3.39. The standard InChI is InChI=1S/C19H18N4O3S/c1-25-16-8-7-14(10-17(16)26-2)21-19(27)23-20-11-13-9-12-5-3-4-6-15(12)22-18(13)24/h3-11H,1-2H3,(H,22,24)(H2,21,23,27). The van der Waals surface area contributed by atoms with E-state index < -0.39 is 0 Å². The van der Waals surface area contributed by atoms with Gasteiger partial charge in [-0.15, -0.1) is 0 Å². The van der Waals surface area contributed by atoms with Crippen LogP contribution in [0, 0.1) is 0 Å². The first-order valence-corrected chi connectivity index (χ1v) is 8.45. The zero-order valence-corrected chi connectivity index (χ0v) is 15.6. The minimum Gasteiger partial charge on any atom is -0.493 e. The van der Waals surface area contributed by atoms with E-state index in [-0.39, 0.29) is 10.7 Å². The van der Waals surface area contributed by atoms with Crippen molar-refractivity contribution in [2.24, 2.45) is 5.10 Å². The number of hydrazone groups is 1. The summed E-state index contributed by atoms with van der Waals surface area (Å²) in [6.07, 6.45) is 1.42. The molecule has 0 bridgehead atoms. The van der Waals surface area contributed by atoms with Crippen molar-refractivity contribution < 1.29 is 9.47 Å². The van der Waals surface area contributed by atoms with Crippen LogP contribution in [-0.2, 0) is 0 Å². The number of aromatic amines is 1. The Labute approximate surface area is 161 Å². The Bertz CT molecular complexity index is 1060. The highest BCUT2D eigenvalue weighted by Gasteiger charge is 2.05. The average Bonchev–Trinajstić information content (AvgIpc) is 2.68. The maximum absolute atomic E-state index is 12.1. The van der Waals surface area contributed by atoms with Gasteiger partial charge in [-0.3, -0.25) is 10.2 Å². The fourth-order valence-corrected chi connectivity index (χ4v) is 2.66. The Morgan fingerprint density at radius 1 is 1.11 bits per heavy atom. The largest absolute Gasteiger partial charge is 0.493 e. The lowest BCUT2D eigenvalue weighted by atomic mass is 10.2. The highest BCUT2D eigenvalue weighted by Crippen LogP contribution is 2.29. The number of para-hydroxylation sites is 1. The minimum atomic E-state index is -0.224. The summed E-state index contributed by atoms with van der Waals surface area (Å²) < 4.78 is 10.4. The van der Waals surface area contributed by atoms with E-state index in [0.717, 1.165) is 10.9 Å². The van der Waals surface area contributed by atoms with E-state index >= 15 is 0 Å². The third-order valence-electron chi connectivity index (χ3n) is 3.79. The number of thiocarbonyl (C=S) groups is 1. The van der Waals surface area contributed by atoms with E-state index in [1.807, 2.05) is 24.3 Å². The first kappa shape index (κ1) is 18.4. The zero-order chi connectivity index (χ0) is 19.2. The molecule has 8 heteroatoms. The predicted octanol–water partition coefficient (Wildman–Crippen LogP) is 2.87. The van der Waals surface area contributed by atoms with Gasteiger partial charge in [0.1, 0.15) is 0 Å². The molecule has 0 unspecified atom stereocenters. The molecule has 3 N–H and O–H groups in total. The number of pyridine rings is 1. The number of nitrogens with one attached hydrogen (secondary N) is 3. The Morgan fingerprint density at radius 2 is 1.89 bits per heavy atom. The SMILES string of the molecule is COc1ccc(NC(=S)NN=Cc2cc3ccccc3[nH]c2=O)cc1OC.